The Morgan fingerprint density at radius 1 is 1.27 bits per heavy atom. The van der Waals surface area contributed by atoms with E-state index in [9.17, 15) is 9.59 Å². The van der Waals surface area contributed by atoms with Crippen LogP contribution in [-0.2, 0) is 16.1 Å². The molecule has 5 heteroatoms. The number of methoxy groups -OCH3 is 1. The highest BCUT2D eigenvalue weighted by atomic mass is 16.5. The molecule has 2 aliphatic rings. The normalized spacial score (nSPS) is 19.7. The zero-order valence-corrected chi connectivity index (χ0v) is 15.5. The number of ether oxygens (including phenoxy) is 1. The van der Waals surface area contributed by atoms with Crippen molar-refractivity contribution in [2.45, 2.75) is 45.1 Å². The highest BCUT2D eigenvalue weighted by Gasteiger charge is 2.31. The Bertz CT molecular complexity index is 666. The summed E-state index contributed by atoms with van der Waals surface area (Å²) in [5, 5.41) is 2.78. The van der Waals surface area contributed by atoms with E-state index in [1.165, 1.54) is 18.4 Å². The number of carbonyl (C=O) groups is 2. The number of nitrogens with zero attached hydrogens (tertiary/aromatic N) is 1. The van der Waals surface area contributed by atoms with E-state index in [2.05, 4.69) is 11.4 Å². The van der Waals surface area contributed by atoms with Crippen molar-refractivity contribution in [3.63, 3.8) is 0 Å². The van der Waals surface area contributed by atoms with Gasteiger partial charge in [0.15, 0.2) is 0 Å². The SMILES string of the molecule is COc1ccc(CN(CCC2=CCCCC2)C(=O)C2CNC(=O)C2)cc1. The quantitative estimate of drug-likeness (QED) is 0.764. The molecule has 3 rings (SSSR count). The molecule has 1 fully saturated rings. The minimum absolute atomic E-state index is 0.0252. The van der Waals surface area contributed by atoms with Gasteiger partial charge in [0, 0.05) is 26.1 Å². The Labute approximate surface area is 155 Å². The van der Waals surface area contributed by atoms with Gasteiger partial charge in [-0.2, -0.15) is 0 Å². The summed E-state index contributed by atoms with van der Waals surface area (Å²) in [6.45, 7) is 1.74. The minimum atomic E-state index is -0.235. The molecule has 1 N–H and O–H groups in total. The van der Waals surface area contributed by atoms with E-state index in [0.29, 0.717) is 26.1 Å². The summed E-state index contributed by atoms with van der Waals surface area (Å²) >= 11 is 0. The van der Waals surface area contributed by atoms with Gasteiger partial charge in [-0.05, 0) is 49.8 Å². The van der Waals surface area contributed by atoms with Gasteiger partial charge < -0.3 is 15.0 Å². The molecule has 5 nitrogen and oxygen atoms in total. The fourth-order valence-corrected chi connectivity index (χ4v) is 3.67. The monoisotopic (exact) mass is 356 g/mol. The molecule has 0 radical (unpaired) electrons. The van der Waals surface area contributed by atoms with E-state index in [4.69, 9.17) is 4.74 Å². The topological polar surface area (TPSA) is 58.6 Å². The minimum Gasteiger partial charge on any atom is -0.497 e. The Morgan fingerprint density at radius 2 is 2.08 bits per heavy atom. The van der Waals surface area contributed by atoms with Crippen molar-refractivity contribution in [3.8, 4) is 5.75 Å². The number of allylic oxidation sites excluding steroid dienone is 1. The average molecular weight is 356 g/mol. The molecule has 1 atom stereocenters. The molecule has 0 saturated carbocycles. The van der Waals surface area contributed by atoms with Crippen molar-refractivity contribution in [3.05, 3.63) is 41.5 Å². The lowest BCUT2D eigenvalue weighted by atomic mass is 9.96. The average Bonchev–Trinajstić information content (AvgIpc) is 3.12. The van der Waals surface area contributed by atoms with Gasteiger partial charge in [0.2, 0.25) is 11.8 Å². The summed E-state index contributed by atoms with van der Waals surface area (Å²) in [5.41, 5.74) is 2.54. The Hall–Kier alpha value is -2.30. The van der Waals surface area contributed by atoms with E-state index in [1.54, 1.807) is 7.11 Å². The zero-order chi connectivity index (χ0) is 18.4. The van der Waals surface area contributed by atoms with Crippen LogP contribution in [0, 0.1) is 5.92 Å². The molecule has 1 saturated heterocycles. The lowest BCUT2D eigenvalue weighted by Crippen LogP contribution is -2.37. The first kappa shape index (κ1) is 18.5. The molecule has 1 aliphatic heterocycles. The van der Waals surface area contributed by atoms with Crippen LogP contribution < -0.4 is 10.1 Å². The molecule has 1 aromatic carbocycles. The van der Waals surface area contributed by atoms with Crippen molar-refractivity contribution in [2.24, 2.45) is 5.92 Å². The van der Waals surface area contributed by atoms with Gasteiger partial charge in [-0.15, -0.1) is 0 Å². The molecule has 140 valence electrons. The molecule has 0 bridgehead atoms. The van der Waals surface area contributed by atoms with E-state index >= 15 is 0 Å². The molecule has 26 heavy (non-hydrogen) atoms. The second kappa shape index (κ2) is 8.88. The maximum atomic E-state index is 13.0. The largest absolute Gasteiger partial charge is 0.497 e. The Balaban J connectivity index is 1.67. The van der Waals surface area contributed by atoms with Crippen molar-refractivity contribution in [2.75, 3.05) is 20.2 Å². The summed E-state index contributed by atoms with van der Waals surface area (Å²) in [5.74, 6) is 0.629. The summed E-state index contributed by atoms with van der Waals surface area (Å²) in [6.07, 6.45) is 8.39. The van der Waals surface area contributed by atoms with Crippen LogP contribution in [0.25, 0.3) is 0 Å². The molecule has 1 heterocycles. The second-order valence-electron chi connectivity index (χ2n) is 7.17. The number of nitrogens with one attached hydrogen (secondary N) is 1. The fourth-order valence-electron chi connectivity index (χ4n) is 3.67. The fraction of sp³-hybridized carbons (Fsp3) is 0.524. The van der Waals surface area contributed by atoms with Crippen molar-refractivity contribution < 1.29 is 14.3 Å². The van der Waals surface area contributed by atoms with Crippen molar-refractivity contribution in [1.29, 1.82) is 0 Å². The standard InChI is InChI=1S/C21H28N2O3/c1-26-19-9-7-17(8-10-19)15-23(12-11-16-5-3-2-4-6-16)21(25)18-13-20(24)22-14-18/h5,7-10,18H,2-4,6,11-15H2,1H3,(H,22,24). The number of amides is 2. The summed E-state index contributed by atoms with van der Waals surface area (Å²) in [6, 6.07) is 7.83. The maximum Gasteiger partial charge on any atom is 0.228 e. The van der Waals surface area contributed by atoms with Crippen molar-refractivity contribution >= 4 is 11.8 Å². The van der Waals surface area contributed by atoms with Crippen LogP contribution in [0.2, 0.25) is 0 Å². The summed E-state index contributed by atoms with van der Waals surface area (Å²) < 4.78 is 5.21. The molecule has 0 spiro atoms. The predicted molar refractivity (Wildman–Crippen MR) is 101 cm³/mol. The van der Waals surface area contributed by atoms with E-state index < -0.39 is 0 Å². The van der Waals surface area contributed by atoms with Crippen LogP contribution >= 0.6 is 0 Å². The molecular weight excluding hydrogens is 328 g/mol. The smallest absolute Gasteiger partial charge is 0.228 e. The highest BCUT2D eigenvalue weighted by Crippen LogP contribution is 2.22. The first-order valence-corrected chi connectivity index (χ1v) is 9.52. The van der Waals surface area contributed by atoms with E-state index in [-0.39, 0.29) is 17.7 Å². The molecule has 1 aromatic rings. The maximum absolute atomic E-state index is 13.0. The number of benzene rings is 1. The number of hydrogen-bond donors (Lipinski definition) is 1. The summed E-state index contributed by atoms with van der Waals surface area (Å²) in [4.78, 5) is 26.4. The Kier molecular flexibility index (Phi) is 6.31. The molecule has 0 aromatic heterocycles. The van der Waals surface area contributed by atoms with Gasteiger partial charge in [0.05, 0.1) is 13.0 Å². The van der Waals surface area contributed by atoms with Gasteiger partial charge in [-0.1, -0.05) is 23.8 Å². The third-order valence-electron chi connectivity index (χ3n) is 5.26. The third-order valence-corrected chi connectivity index (χ3v) is 5.26. The van der Waals surface area contributed by atoms with Crippen LogP contribution in [0.3, 0.4) is 0 Å². The van der Waals surface area contributed by atoms with Gasteiger partial charge >= 0.3 is 0 Å². The highest BCUT2D eigenvalue weighted by molar-refractivity contribution is 5.89. The van der Waals surface area contributed by atoms with E-state index in [0.717, 1.165) is 30.6 Å². The summed E-state index contributed by atoms with van der Waals surface area (Å²) in [7, 11) is 1.65. The third kappa shape index (κ3) is 4.87. The van der Waals surface area contributed by atoms with Gasteiger partial charge in [-0.3, -0.25) is 9.59 Å². The molecule has 1 unspecified atom stereocenters. The van der Waals surface area contributed by atoms with Gasteiger partial charge in [-0.25, -0.2) is 0 Å². The Morgan fingerprint density at radius 3 is 2.69 bits per heavy atom. The molecular formula is C21H28N2O3. The van der Waals surface area contributed by atoms with Crippen LogP contribution in [0.1, 0.15) is 44.1 Å². The lowest BCUT2D eigenvalue weighted by Gasteiger charge is -2.26. The van der Waals surface area contributed by atoms with Crippen LogP contribution in [-0.4, -0.2) is 36.9 Å². The number of rotatable bonds is 7. The first-order chi connectivity index (χ1) is 12.7. The van der Waals surface area contributed by atoms with Gasteiger partial charge in [0.25, 0.3) is 0 Å². The molecule has 1 aliphatic carbocycles. The molecule has 2 amide bonds. The number of carbonyl (C=O) groups excluding carboxylic acids is 2. The zero-order valence-electron chi connectivity index (χ0n) is 15.5. The van der Waals surface area contributed by atoms with Gasteiger partial charge in [0.1, 0.15) is 5.75 Å². The van der Waals surface area contributed by atoms with Crippen LogP contribution in [0.4, 0.5) is 0 Å². The second-order valence-corrected chi connectivity index (χ2v) is 7.17. The van der Waals surface area contributed by atoms with E-state index in [1.807, 2.05) is 29.2 Å². The van der Waals surface area contributed by atoms with Crippen LogP contribution in [0.5, 0.6) is 5.75 Å². The van der Waals surface area contributed by atoms with Crippen LogP contribution in [0.15, 0.2) is 35.9 Å². The first-order valence-electron chi connectivity index (χ1n) is 9.52. The lowest BCUT2D eigenvalue weighted by molar-refractivity contribution is -0.136. The predicted octanol–water partition coefficient (Wildman–Crippen LogP) is 3.05. The van der Waals surface area contributed by atoms with Crippen molar-refractivity contribution in [1.82, 2.24) is 10.2 Å². The number of hydrogen-bond acceptors (Lipinski definition) is 3.